The lowest BCUT2D eigenvalue weighted by atomic mass is 10.1. The van der Waals surface area contributed by atoms with Crippen LogP contribution in [0.25, 0.3) is 11.3 Å². The van der Waals surface area contributed by atoms with Crippen LogP contribution in [0.15, 0.2) is 60.7 Å². The SMILES string of the molecule is Cc1ccccc1CC(=O)N1CCN(c2cc(-c3ccccc3)[nH]n2)CC1. The molecule has 138 valence electrons. The summed E-state index contributed by atoms with van der Waals surface area (Å²) < 4.78 is 0. The molecule has 0 saturated carbocycles. The van der Waals surface area contributed by atoms with E-state index >= 15 is 0 Å². The van der Waals surface area contributed by atoms with Crippen molar-refractivity contribution in [2.24, 2.45) is 0 Å². The second-order valence-electron chi connectivity index (χ2n) is 6.98. The normalized spacial score (nSPS) is 14.4. The Morgan fingerprint density at radius 2 is 1.70 bits per heavy atom. The van der Waals surface area contributed by atoms with Crippen LogP contribution in [0.4, 0.5) is 5.82 Å². The van der Waals surface area contributed by atoms with Gasteiger partial charge in [0.25, 0.3) is 0 Å². The van der Waals surface area contributed by atoms with Gasteiger partial charge in [0.1, 0.15) is 0 Å². The van der Waals surface area contributed by atoms with Gasteiger partial charge in [0.05, 0.1) is 12.1 Å². The number of piperazine rings is 1. The lowest BCUT2D eigenvalue weighted by molar-refractivity contribution is -0.130. The number of nitrogens with zero attached hydrogens (tertiary/aromatic N) is 3. The molecule has 5 nitrogen and oxygen atoms in total. The highest BCUT2D eigenvalue weighted by Gasteiger charge is 2.23. The van der Waals surface area contributed by atoms with Crippen LogP contribution in [0.3, 0.4) is 0 Å². The molecule has 1 N–H and O–H groups in total. The molecule has 0 atom stereocenters. The van der Waals surface area contributed by atoms with Crippen molar-refractivity contribution in [2.75, 3.05) is 31.1 Å². The molecule has 2 heterocycles. The van der Waals surface area contributed by atoms with E-state index in [4.69, 9.17) is 0 Å². The van der Waals surface area contributed by atoms with E-state index in [0.717, 1.165) is 48.8 Å². The number of carbonyl (C=O) groups excluding carboxylic acids is 1. The first kappa shape index (κ1) is 17.3. The van der Waals surface area contributed by atoms with Crippen molar-refractivity contribution in [1.29, 1.82) is 0 Å². The number of carbonyl (C=O) groups is 1. The Labute approximate surface area is 159 Å². The highest BCUT2D eigenvalue weighted by molar-refractivity contribution is 5.79. The van der Waals surface area contributed by atoms with Crippen LogP contribution in [-0.4, -0.2) is 47.2 Å². The number of amides is 1. The maximum absolute atomic E-state index is 12.6. The van der Waals surface area contributed by atoms with E-state index < -0.39 is 0 Å². The summed E-state index contributed by atoms with van der Waals surface area (Å²) in [6.07, 6.45) is 0.479. The van der Waals surface area contributed by atoms with E-state index in [1.54, 1.807) is 0 Å². The molecule has 1 saturated heterocycles. The Balaban J connectivity index is 1.36. The van der Waals surface area contributed by atoms with Crippen molar-refractivity contribution in [3.63, 3.8) is 0 Å². The molecule has 0 spiro atoms. The van der Waals surface area contributed by atoms with Crippen LogP contribution < -0.4 is 4.90 Å². The summed E-state index contributed by atoms with van der Waals surface area (Å²) in [6.45, 7) is 5.14. The molecule has 1 aliphatic rings. The second kappa shape index (κ2) is 7.66. The highest BCUT2D eigenvalue weighted by Crippen LogP contribution is 2.22. The van der Waals surface area contributed by atoms with Gasteiger partial charge < -0.3 is 9.80 Å². The number of aromatic nitrogens is 2. The molecule has 1 aromatic heterocycles. The van der Waals surface area contributed by atoms with Gasteiger partial charge >= 0.3 is 0 Å². The van der Waals surface area contributed by atoms with E-state index in [1.165, 1.54) is 5.56 Å². The first-order valence-electron chi connectivity index (χ1n) is 9.39. The summed E-state index contributed by atoms with van der Waals surface area (Å²) >= 11 is 0. The number of aryl methyl sites for hydroxylation is 1. The van der Waals surface area contributed by atoms with Gasteiger partial charge in [-0.2, -0.15) is 5.10 Å². The van der Waals surface area contributed by atoms with Gasteiger partial charge in [0.15, 0.2) is 5.82 Å². The van der Waals surface area contributed by atoms with E-state index in [-0.39, 0.29) is 5.91 Å². The van der Waals surface area contributed by atoms with Crippen molar-refractivity contribution >= 4 is 11.7 Å². The Bertz CT molecular complexity index is 911. The fraction of sp³-hybridized carbons (Fsp3) is 0.273. The van der Waals surface area contributed by atoms with Gasteiger partial charge in [-0.15, -0.1) is 0 Å². The van der Waals surface area contributed by atoms with Crippen molar-refractivity contribution in [3.8, 4) is 11.3 Å². The van der Waals surface area contributed by atoms with E-state index in [1.807, 2.05) is 41.3 Å². The van der Waals surface area contributed by atoms with Crippen molar-refractivity contribution < 1.29 is 4.79 Å². The summed E-state index contributed by atoms with van der Waals surface area (Å²) in [5, 5.41) is 7.58. The number of nitrogens with one attached hydrogen (secondary N) is 1. The van der Waals surface area contributed by atoms with Crippen molar-refractivity contribution in [3.05, 3.63) is 71.8 Å². The average Bonchev–Trinajstić information content (AvgIpc) is 3.21. The number of H-pyrrole nitrogens is 1. The van der Waals surface area contributed by atoms with Crippen LogP contribution in [0.5, 0.6) is 0 Å². The molecule has 0 radical (unpaired) electrons. The van der Waals surface area contributed by atoms with Crippen molar-refractivity contribution in [1.82, 2.24) is 15.1 Å². The number of anilines is 1. The molecule has 1 fully saturated rings. The third kappa shape index (κ3) is 3.87. The molecule has 0 unspecified atom stereocenters. The highest BCUT2D eigenvalue weighted by atomic mass is 16.2. The second-order valence-corrected chi connectivity index (χ2v) is 6.98. The Morgan fingerprint density at radius 3 is 2.44 bits per heavy atom. The van der Waals surface area contributed by atoms with Gasteiger partial charge in [0.2, 0.25) is 5.91 Å². The van der Waals surface area contributed by atoms with Gasteiger partial charge in [-0.3, -0.25) is 9.89 Å². The largest absolute Gasteiger partial charge is 0.352 e. The molecule has 3 aromatic rings. The monoisotopic (exact) mass is 360 g/mol. The standard InChI is InChI=1S/C22H24N4O/c1-17-7-5-6-10-19(17)15-22(27)26-13-11-25(12-14-26)21-16-20(23-24-21)18-8-3-2-4-9-18/h2-10,16H,11-15H2,1H3,(H,23,24). The maximum atomic E-state index is 12.6. The van der Waals surface area contributed by atoms with Crippen LogP contribution in [0, 0.1) is 6.92 Å². The zero-order chi connectivity index (χ0) is 18.6. The zero-order valence-corrected chi connectivity index (χ0v) is 15.6. The maximum Gasteiger partial charge on any atom is 0.227 e. The average molecular weight is 360 g/mol. The van der Waals surface area contributed by atoms with E-state index in [9.17, 15) is 4.79 Å². The number of benzene rings is 2. The summed E-state index contributed by atoms with van der Waals surface area (Å²) in [6, 6.07) is 20.4. The van der Waals surface area contributed by atoms with Gasteiger partial charge in [-0.05, 0) is 23.6 Å². The van der Waals surface area contributed by atoms with Crippen molar-refractivity contribution in [2.45, 2.75) is 13.3 Å². The molecular formula is C22H24N4O. The molecule has 4 rings (SSSR count). The minimum absolute atomic E-state index is 0.205. The predicted molar refractivity (Wildman–Crippen MR) is 108 cm³/mol. The molecule has 1 aliphatic heterocycles. The van der Waals surface area contributed by atoms with E-state index in [0.29, 0.717) is 6.42 Å². The predicted octanol–water partition coefficient (Wildman–Crippen LogP) is 3.28. The molecule has 2 aromatic carbocycles. The number of hydrogen-bond acceptors (Lipinski definition) is 3. The molecule has 0 aliphatic carbocycles. The molecule has 5 heteroatoms. The summed E-state index contributed by atoms with van der Waals surface area (Å²) in [5.41, 5.74) is 4.44. The smallest absolute Gasteiger partial charge is 0.227 e. The van der Waals surface area contributed by atoms with Crippen LogP contribution in [0.2, 0.25) is 0 Å². The molecular weight excluding hydrogens is 336 g/mol. The van der Waals surface area contributed by atoms with Gasteiger partial charge in [0, 0.05) is 32.2 Å². The first-order chi connectivity index (χ1) is 13.2. The summed E-state index contributed by atoms with van der Waals surface area (Å²) in [7, 11) is 0. The first-order valence-corrected chi connectivity index (χ1v) is 9.39. The summed E-state index contributed by atoms with van der Waals surface area (Å²) in [4.78, 5) is 16.8. The number of aromatic amines is 1. The van der Waals surface area contributed by atoms with Crippen LogP contribution in [0.1, 0.15) is 11.1 Å². The minimum atomic E-state index is 0.205. The summed E-state index contributed by atoms with van der Waals surface area (Å²) in [5.74, 6) is 1.15. The number of rotatable bonds is 4. The van der Waals surface area contributed by atoms with Gasteiger partial charge in [-0.1, -0.05) is 54.6 Å². The lowest BCUT2D eigenvalue weighted by Crippen LogP contribution is -2.49. The quantitative estimate of drug-likeness (QED) is 0.777. The van der Waals surface area contributed by atoms with Crippen LogP contribution >= 0.6 is 0 Å². The fourth-order valence-corrected chi connectivity index (χ4v) is 3.51. The minimum Gasteiger partial charge on any atom is -0.352 e. The van der Waals surface area contributed by atoms with Gasteiger partial charge in [-0.25, -0.2) is 0 Å². The molecule has 1 amide bonds. The lowest BCUT2D eigenvalue weighted by Gasteiger charge is -2.35. The van der Waals surface area contributed by atoms with E-state index in [2.05, 4.69) is 46.3 Å². The Morgan fingerprint density at radius 1 is 1.00 bits per heavy atom. The Kier molecular flexibility index (Phi) is 4.92. The third-order valence-electron chi connectivity index (χ3n) is 5.21. The number of hydrogen-bond donors (Lipinski definition) is 1. The molecule has 27 heavy (non-hydrogen) atoms. The molecule has 0 bridgehead atoms. The topological polar surface area (TPSA) is 52.2 Å². The fourth-order valence-electron chi connectivity index (χ4n) is 3.51. The third-order valence-corrected chi connectivity index (χ3v) is 5.21. The zero-order valence-electron chi connectivity index (χ0n) is 15.6. The van der Waals surface area contributed by atoms with Crippen LogP contribution in [-0.2, 0) is 11.2 Å². The Hall–Kier alpha value is -3.08.